The summed E-state index contributed by atoms with van der Waals surface area (Å²) >= 11 is 1.46. The van der Waals surface area contributed by atoms with E-state index in [0.717, 1.165) is 23.4 Å². The van der Waals surface area contributed by atoms with Crippen molar-refractivity contribution in [3.63, 3.8) is 0 Å². The molecule has 2 aromatic rings. The molecule has 1 aromatic carbocycles. The van der Waals surface area contributed by atoms with E-state index in [1.54, 1.807) is 0 Å². The van der Waals surface area contributed by atoms with Gasteiger partial charge in [0.1, 0.15) is 5.01 Å². The summed E-state index contributed by atoms with van der Waals surface area (Å²) in [5.41, 5.74) is 0.850. The highest BCUT2D eigenvalue weighted by Gasteiger charge is 2.23. The first-order valence-corrected chi connectivity index (χ1v) is 11.1. The van der Waals surface area contributed by atoms with Crippen LogP contribution in [0.15, 0.2) is 30.3 Å². The van der Waals surface area contributed by atoms with Crippen LogP contribution < -0.4 is 10.6 Å². The number of aliphatic hydroxyl groups is 1. The van der Waals surface area contributed by atoms with Gasteiger partial charge in [0.05, 0.1) is 6.10 Å². The molecule has 29 heavy (non-hydrogen) atoms. The molecule has 0 unspecified atom stereocenters. The topological polar surface area (TPSA) is 90.4 Å². The van der Waals surface area contributed by atoms with E-state index < -0.39 is 6.10 Å². The number of carbonyl (C=O) groups excluding carboxylic acids is 1. The second-order valence-corrected chi connectivity index (χ2v) is 9.00. The molecule has 1 aliphatic rings. The van der Waals surface area contributed by atoms with Crippen LogP contribution in [-0.2, 0) is 0 Å². The Labute approximate surface area is 176 Å². The van der Waals surface area contributed by atoms with Crippen LogP contribution in [-0.4, -0.2) is 53.4 Å². The number of carbonyl (C=O) groups is 1. The number of nitrogens with zero attached hydrogens (tertiary/aromatic N) is 3. The minimum atomic E-state index is -0.654. The van der Waals surface area contributed by atoms with Gasteiger partial charge in [-0.05, 0) is 32.5 Å². The Balaban J connectivity index is 1.53. The van der Waals surface area contributed by atoms with Crippen LogP contribution in [0.2, 0.25) is 0 Å². The Morgan fingerprint density at radius 1 is 1.21 bits per heavy atom. The number of anilines is 1. The zero-order valence-corrected chi connectivity index (χ0v) is 18.0. The number of hydrogen-bond acceptors (Lipinski definition) is 6. The highest BCUT2D eigenvalue weighted by molar-refractivity contribution is 7.15. The molecule has 2 amide bonds. The number of nitrogens with one attached hydrogen (secondary N) is 2. The molecule has 8 heteroatoms. The third-order valence-corrected chi connectivity index (χ3v) is 6.33. The number of aliphatic hydroxyl groups excluding tert-OH is 1. The predicted molar refractivity (Wildman–Crippen MR) is 116 cm³/mol. The van der Waals surface area contributed by atoms with Gasteiger partial charge in [-0.15, -0.1) is 10.2 Å². The summed E-state index contributed by atoms with van der Waals surface area (Å²) in [4.78, 5) is 14.4. The first-order valence-electron chi connectivity index (χ1n) is 10.3. The summed E-state index contributed by atoms with van der Waals surface area (Å²) < 4.78 is 0. The third-order valence-electron chi connectivity index (χ3n) is 5.33. The number of rotatable bonds is 8. The van der Waals surface area contributed by atoms with Gasteiger partial charge in [0.2, 0.25) is 5.13 Å². The summed E-state index contributed by atoms with van der Waals surface area (Å²) in [7, 11) is 3.91. The van der Waals surface area contributed by atoms with Crippen molar-refractivity contribution in [2.24, 2.45) is 5.92 Å². The van der Waals surface area contributed by atoms with Crippen LogP contribution >= 0.6 is 11.3 Å². The molecular formula is C21H31N5O2S. The maximum absolute atomic E-state index is 12.4. The average molecular weight is 418 g/mol. The molecule has 1 aliphatic carbocycles. The molecule has 0 radical (unpaired) electrons. The maximum Gasteiger partial charge on any atom is 0.321 e. The van der Waals surface area contributed by atoms with Crippen molar-refractivity contribution in [1.29, 1.82) is 0 Å². The quantitative estimate of drug-likeness (QED) is 0.610. The zero-order chi connectivity index (χ0) is 20.6. The SMILES string of the molecule is CN(C)C[C@H](CNC(=O)Nc1nnc(C2CCCCC2)s1)[C@@H](O)c1ccccc1. The Morgan fingerprint density at radius 2 is 1.93 bits per heavy atom. The largest absolute Gasteiger partial charge is 0.388 e. The van der Waals surface area contributed by atoms with Gasteiger partial charge in [0.25, 0.3) is 0 Å². The monoisotopic (exact) mass is 417 g/mol. The zero-order valence-electron chi connectivity index (χ0n) is 17.2. The number of aromatic nitrogens is 2. The van der Waals surface area contributed by atoms with Crippen LogP contribution in [0.3, 0.4) is 0 Å². The van der Waals surface area contributed by atoms with Crippen LogP contribution in [0.1, 0.15) is 54.7 Å². The minimum absolute atomic E-state index is 0.134. The van der Waals surface area contributed by atoms with Gasteiger partial charge in [0.15, 0.2) is 0 Å². The van der Waals surface area contributed by atoms with Gasteiger partial charge in [-0.25, -0.2) is 4.79 Å². The number of hydrogen-bond donors (Lipinski definition) is 3. The molecule has 0 saturated heterocycles. The summed E-state index contributed by atoms with van der Waals surface area (Å²) in [6.07, 6.45) is 5.44. The van der Waals surface area contributed by atoms with E-state index in [-0.39, 0.29) is 11.9 Å². The molecule has 2 atom stereocenters. The van der Waals surface area contributed by atoms with Crippen molar-refractivity contribution < 1.29 is 9.90 Å². The van der Waals surface area contributed by atoms with E-state index in [9.17, 15) is 9.90 Å². The molecule has 158 valence electrons. The van der Waals surface area contributed by atoms with Gasteiger partial charge in [-0.1, -0.05) is 60.9 Å². The van der Waals surface area contributed by atoms with Gasteiger partial charge >= 0.3 is 6.03 Å². The van der Waals surface area contributed by atoms with Gasteiger partial charge < -0.3 is 15.3 Å². The van der Waals surface area contributed by atoms with E-state index in [2.05, 4.69) is 20.8 Å². The molecule has 1 heterocycles. The van der Waals surface area contributed by atoms with Crippen LogP contribution in [0.25, 0.3) is 0 Å². The first kappa shape index (κ1) is 21.7. The lowest BCUT2D eigenvalue weighted by Crippen LogP contribution is -2.39. The van der Waals surface area contributed by atoms with E-state index >= 15 is 0 Å². The van der Waals surface area contributed by atoms with Gasteiger partial charge in [-0.3, -0.25) is 5.32 Å². The smallest absolute Gasteiger partial charge is 0.321 e. The molecular weight excluding hydrogens is 386 g/mol. The Morgan fingerprint density at radius 3 is 2.62 bits per heavy atom. The Kier molecular flexibility index (Phi) is 7.97. The molecule has 3 rings (SSSR count). The molecule has 1 aromatic heterocycles. The fourth-order valence-corrected chi connectivity index (χ4v) is 4.74. The van der Waals surface area contributed by atoms with E-state index in [0.29, 0.717) is 24.1 Å². The highest BCUT2D eigenvalue weighted by atomic mass is 32.1. The molecule has 1 saturated carbocycles. The molecule has 1 fully saturated rings. The second kappa shape index (κ2) is 10.7. The van der Waals surface area contributed by atoms with Crippen LogP contribution in [0.5, 0.6) is 0 Å². The summed E-state index contributed by atoms with van der Waals surface area (Å²) in [6, 6.07) is 9.23. The lowest BCUT2D eigenvalue weighted by molar-refractivity contribution is 0.0911. The van der Waals surface area contributed by atoms with Gasteiger partial charge in [0, 0.05) is 24.9 Å². The Hall–Kier alpha value is -2.03. The fourth-order valence-electron chi connectivity index (χ4n) is 3.83. The Bertz CT molecular complexity index is 761. The molecule has 0 aliphatic heterocycles. The van der Waals surface area contributed by atoms with Crippen molar-refractivity contribution in [2.75, 3.05) is 32.5 Å². The van der Waals surface area contributed by atoms with Crippen LogP contribution in [0, 0.1) is 5.92 Å². The van der Waals surface area contributed by atoms with E-state index in [1.165, 1.54) is 30.6 Å². The average Bonchev–Trinajstić information content (AvgIpc) is 3.20. The summed E-state index contributed by atoms with van der Waals surface area (Å²) in [5.74, 6) is 0.343. The highest BCUT2D eigenvalue weighted by Crippen LogP contribution is 2.35. The standard InChI is InChI=1S/C21H31N5O2S/c1-26(2)14-17(18(27)15-9-5-3-6-10-15)13-22-20(28)23-21-25-24-19(29-21)16-11-7-4-8-12-16/h3,5-6,9-10,16-18,27H,4,7-8,11-14H2,1-2H3,(H2,22,23,25,28)/t17-,18-/m0/s1. The molecule has 0 bridgehead atoms. The molecule has 0 spiro atoms. The number of amides is 2. The summed E-state index contributed by atoms with van der Waals surface area (Å²) in [6.45, 7) is 1.01. The minimum Gasteiger partial charge on any atom is -0.388 e. The van der Waals surface area contributed by atoms with Gasteiger partial charge in [-0.2, -0.15) is 0 Å². The second-order valence-electron chi connectivity index (χ2n) is 7.99. The first-order chi connectivity index (χ1) is 14.0. The van der Waals surface area contributed by atoms with Crippen LogP contribution in [0.4, 0.5) is 9.93 Å². The predicted octanol–water partition coefficient (Wildman–Crippen LogP) is 3.62. The number of benzene rings is 1. The third kappa shape index (κ3) is 6.48. The van der Waals surface area contributed by atoms with Crippen molar-refractivity contribution in [2.45, 2.75) is 44.1 Å². The summed E-state index contributed by atoms with van der Waals surface area (Å²) in [5, 5.41) is 26.4. The van der Waals surface area contributed by atoms with E-state index in [1.807, 2.05) is 49.3 Å². The van der Waals surface area contributed by atoms with E-state index in [4.69, 9.17) is 0 Å². The normalized spacial score (nSPS) is 17.1. The van der Waals surface area contributed by atoms with Crippen molar-refractivity contribution in [1.82, 2.24) is 20.4 Å². The van der Waals surface area contributed by atoms with Crippen molar-refractivity contribution in [3.05, 3.63) is 40.9 Å². The van der Waals surface area contributed by atoms with Crippen molar-refractivity contribution >= 4 is 22.5 Å². The number of urea groups is 1. The molecule has 3 N–H and O–H groups in total. The lowest BCUT2D eigenvalue weighted by Gasteiger charge is -2.26. The van der Waals surface area contributed by atoms with Crippen molar-refractivity contribution in [3.8, 4) is 0 Å². The lowest BCUT2D eigenvalue weighted by atomic mass is 9.90. The molecule has 7 nitrogen and oxygen atoms in total. The maximum atomic E-state index is 12.4. The fraction of sp³-hybridized carbons (Fsp3) is 0.571.